The summed E-state index contributed by atoms with van der Waals surface area (Å²) < 4.78 is 14.5. The van der Waals surface area contributed by atoms with E-state index in [9.17, 15) is 9.18 Å². The maximum absolute atomic E-state index is 14.5. The van der Waals surface area contributed by atoms with Crippen LogP contribution in [0.15, 0.2) is 35.3 Å². The minimum atomic E-state index is -0.480. The van der Waals surface area contributed by atoms with E-state index < -0.39 is 5.82 Å². The van der Waals surface area contributed by atoms with E-state index in [0.717, 1.165) is 11.3 Å². The number of pyridine rings is 2. The van der Waals surface area contributed by atoms with Crippen LogP contribution >= 0.6 is 11.6 Å². The zero-order valence-electron chi connectivity index (χ0n) is 12.7. The second kappa shape index (κ2) is 6.01. The average Bonchev–Trinajstić information content (AvgIpc) is 2.49. The van der Waals surface area contributed by atoms with Crippen LogP contribution in [0.25, 0.3) is 10.9 Å². The summed E-state index contributed by atoms with van der Waals surface area (Å²) in [5.41, 5.74) is 2.56. The van der Waals surface area contributed by atoms with E-state index in [1.807, 2.05) is 19.9 Å². The summed E-state index contributed by atoms with van der Waals surface area (Å²) in [5, 5.41) is 3.97. The van der Waals surface area contributed by atoms with Crippen LogP contribution in [0.2, 0.25) is 5.02 Å². The number of halogens is 2. The van der Waals surface area contributed by atoms with Gasteiger partial charge in [-0.25, -0.2) is 4.39 Å². The third-order valence-electron chi connectivity index (χ3n) is 3.75. The second-order valence-corrected chi connectivity index (χ2v) is 5.82. The number of hydrogen-bond acceptors (Lipinski definition) is 3. The highest BCUT2D eigenvalue weighted by atomic mass is 35.5. The van der Waals surface area contributed by atoms with Gasteiger partial charge in [-0.15, -0.1) is 0 Å². The summed E-state index contributed by atoms with van der Waals surface area (Å²) in [5.74, 6) is -0.480. The molecule has 6 heteroatoms. The largest absolute Gasteiger partial charge is 0.378 e. The van der Waals surface area contributed by atoms with E-state index in [1.54, 1.807) is 18.2 Å². The summed E-state index contributed by atoms with van der Waals surface area (Å²) in [6.45, 7) is 3.91. The van der Waals surface area contributed by atoms with Gasteiger partial charge in [0.2, 0.25) is 0 Å². The minimum absolute atomic E-state index is 0.169. The second-order valence-electron chi connectivity index (χ2n) is 5.41. The molecule has 0 fully saturated rings. The van der Waals surface area contributed by atoms with E-state index in [4.69, 9.17) is 11.6 Å². The third kappa shape index (κ3) is 2.92. The Morgan fingerprint density at radius 3 is 2.83 bits per heavy atom. The van der Waals surface area contributed by atoms with Gasteiger partial charge in [0.15, 0.2) is 5.82 Å². The zero-order valence-corrected chi connectivity index (χ0v) is 13.5. The van der Waals surface area contributed by atoms with Gasteiger partial charge in [0, 0.05) is 29.4 Å². The van der Waals surface area contributed by atoms with Crippen molar-refractivity contribution in [3.63, 3.8) is 0 Å². The molecule has 0 amide bonds. The first kappa shape index (κ1) is 15.5. The smallest absolute Gasteiger partial charge is 0.253 e. The highest BCUT2D eigenvalue weighted by molar-refractivity contribution is 6.35. The van der Waals surface area contributed by atoms with E-state index in [-0.39, 0.29) is 23.3 Å². The van der Waals surface area contributed by atoms with Gasteiger partial charge in [0.1, 0.15) is 5.52 Å². The lowest BCUT2D eigenvalue weighted by Crippen LogP contribution is -2.18. The highest BCUT2D eigenvalue weighted by Gasteiger charge is 2.12. The third-order valence-corrected chi connectivity index (χ3v) is 4.08. The molecule has 0 saturated heterocycles. The molecule has 0 saturated carbocycles. The van der Waals surface area contributed by atoms with Crippen LogP contribution in [0.1, 0.15) is 16.8 Å². The van der Waals surface area contributed by atoms with Gasteiger partial charge in [-0.1, -0.05) is 11.6 Å². The van der Waals surface area contributed by atoms with Crippen molar-refractivity contribution in [2.75, 3.05) is 5.32 Å². The summed E-state index contributed by atoms with van der Waals surface area (Å²) in [6.07, 6.45) is 1.46. The first-order valence-corrected chi connectivity index (χ1v) is 7.51. The van der Waals surface area contributed by atoms with E-state index in [0.29, 0.717) is 16.0 Å². The fourth-order valence-corrected chi connectivity index (χ4v) is 2.78. The average molecular weight is 332 g/mol. The lowest BCUT2D eigenvalue weighted by Gasteiger charge is -2.11. The molecule has 2 N–H and O–H groups in total. The van der Waals surface area contributed by atoms with Crippen LogP contribution in [0.5, 0.6) is 0 Å². The number of hydrogen-bond donors (Lipinski definition) is 2. The van der Waals surface area contributed by atoms with E-state index in [2.05, 4.69) is 15.3 Å². The topological polar surface area (TPSA) is 57.8 Å². The maximum atomic E-state index is 14.5. The Bertz CT molecular complexity index is 952. The van der Waals surface area contributed by atoms with Crippen LogP contribution < -0.4 is 10.9 Å². The number of nitrogens with zero attached hydrogens (tertiary/aromatic N) is 1. The Morgan fingerprint density at radius 2 is 2.09 bits per heavy atom. The number of aromatic amines is 1. The van der Waals surface area contributed by atoms with Crippen molar-refractivity contribution in [3.05, 3.63) is 68.5 Å². The Labute approximate surface area is 137 Å². The predicted molar refractivity (Wildman–Crippen MR) is 90.6 cm³/mol. The van der Waals surface area contributed by atoms with E-state index in [1.165, 1.54) is 6.20 Å². The van der Waals surface area contributed by atoms with Crippen molar-refractivity contribution in [1.82, 2.24) is 9.97 Å². The molecule has 118 valence electrons. The molecule has 23 heavy (non-hydrogen) atoms. The maximum Gasteiger partial charge on any atom is 0.253 e. The molecular formula is C17H15ClFN3O. The molecule has 1 aromatic carbocycles. The molecular weight excluding hydrogens is 317 g/mol. The van der Waals surface area contributed by atoms with Gasteiger partial charge in [-0.3, -0.25) is 9.78 Å². The number of H-pyrrole nitrogens is 1. The number of benzene rings is 1. The molecule has 3 aromatic rings. The molecule has 0 unspecified atom stereocenters. The van der Waals surface area contributed by atoms with Crippen molar-refractivity contribution in [3.8, 4) is 0 Å². The Morgan fingerprint density at radius 1 is 1.30 bits per heavy atom. The molecule has 0 radical (unpaired) electrons. The molecule has 0 aliphatic rings. The fraction of sp³-hybridized carbons (Fsp3) is 0.176. The van der Waals surface area contributed by atoms with Crippen molar-refractivity contribution >= 4 is 28.2 Å². The minimum Gasteiger partial charge on any atom is -0.378 e. The van der Waals surface area contributed by atoms with Crippen molar-refractivity contribution in [2.24, 2.45) is 0 Å². The van der Waals surface area contributed by atoms with Gasteiger partial charge in [0.25, 0.3) is 5.56 Å². The van der Waals surface area contributed by atoms with Gasteiger partial charge >= 0.3 is 0 Å². The van der Waals surface area contributed by atoms with E-state index >= 15 is 0 Å². The summed E-state index contributed by atoms with van der Waals surface area (Å²) in [4.78, 5) is 18.8. The monoisotopic (exact) mass is 331 g/mol. The lowest BCUT2D eigenvalue weighted by atomic mass is 10.1. The van der Waals surface area contributed by atoms with Crippen LogP contribution in [-0.2, 0) is 6.54 Å². The summed E-state index contributed by atoms with van der Waals surface area (Å²) in [7, 11) is 0. The lowest BCUT2D eigenvalue weighted by molar-refractivity contribution is 0.639. The molecule has 4 nitrogen and oxygen atoms in total. The normalized spacial score (nSPS) is 11.0. The standard InChI is InChI=1S/C17H15ClFN3O/c1-9-7-10(2)22-17(23)12(9)8-21-14-4-3-11-13(18)5-6-20-16(11)15(14)19/h3-7,21H,8H2,1-2H3,(H,22,23). The van der Waals surface area contributed by atoms with Crippen LogP contribution in [0.4, 0.5) is 10.1 Å². The van der Waals surface area contributed by atoms with Crippen molar-refractivity contribution in [1.29, 1.82) is 0 Å². The van der Waals surface area contributed by atoms with Gasteiger partial charge in [0.05, 0.1) is 10.7 Å². The van der Waals surface area contributed by atoms with Gasteiger partial charge in [-0.05, 0) is 43.7 Å². The highest BCUT2D eigenvalue weighted by Crippen LogP contribution is 2.28. The molecule has 0 atom stereocenters. The number of aromatic nitrogens is 2. The number of fused-ring (bicyclic) bond motifs is 1. The molecule has 0 bridgehead atoms. The molecule has 0 aliphatic heterocycles. The Hall–Kier alpha value is -2.40. The number of nitrogens with one attached hydrogen (secondary N) is 2. The summed E-state index contributed by atoms with van der Waals surface area (Å²) >= 11 is 6.04. The van der Waals surface area contributed by atoms with Crippen LogP contribution in [0.3, 0.4) is 0 Å². The zero-order chi connectivity index (χ0) is 16.6. The molecule has 2 heterocycles. The number of anilines is 1. The summed E-state index contributed by atoms with van der Waals surface area (Å²) in [6, 6.07) is 6.81. The number of rotatable bonds is 3. The molecule has 0 spiro atoms. The SMILES string of the molecule is Cc1cc(C)c(CNc2ccc3c(Cl)ccnc3c2F)c(=O)[nH]1. The fourth-order valence-electron chi connectivity index (χ4n) is 2.57. The van der Waals surface area contributed by atoms with Gasteiger partial charge in [-0.2, -0.15) is 0 Å². The Kier molecular flexibility index (Phi) is 4.05. The van der Waals surface area contributed by atoms with Crippen molar-refractivity contribution < 1.29 is 4.39 Å². The van der Waals surface area contributed by atoms with Crippen LogP contribution in [-0.4, -0.2) is 9.97 Å². The van der Waals surface area contributed by atoms with Crippen molar-refractivity contribution in [2.45, 2.75) is 20.4 Å². The number of aryl methyl sites for hydroxylation is 2. The van der Waals surface area contributed by atoms with Gasteiger partial charge < -0.3 is 10.3 Å². The van der Waals surface area contributed by atoms with Crippen LogP contribution in [0, 0.1) is 19.7 Å². The predicted octanol–water partition coefficient (Wildman–Crippen LogP) is 3.94. The quantitative estimate of drug-likeness (QED) is 0.764. The molecule has 2 aromatic heterocycles. The first-order valence-electron chi connectivity index (χ1n) is 7.13. The molecule has 0 aliphatic carbocycles. The first-order chi connectivity index (χ1) is 11.0. The Balaban J connectivity index is 1.94. The molecule has 3 rings (SSSR count).